The fourth-order valence-corrected chi connectivity index (χ4v) is 5.56. The van der Waals surface area contributed by atoms with Crippen molar-refractivity contribution in [1.29, 1.82) is 0 Å². The summed E-state index contributed by atoms with van der Waals surface area (Å²) in [6.45, 7) is 2.23. The molecule has 1 amide bonds. The molecule has 2 nitrogen and oxygen atoms in total. The number of rotatable bonds is 4. The number of anilines is 1. The summed E-state index contributed by atoms with van der Waals surface area (Å²) in [5.74, 6) is 0.906. The van der Waals surface area contributed by atoms with E-state index < -0.39 is 0 Å². The highest BCUT2D eigenvalue weighted by Crippen LogP contribution is 2.59. The molecule has 28 heavy (non-hydrogen) atoms. The first-order valence-electron chi connectivity index (χ1n) is 10.3. The monoisotopic (exact) mass is 367 g/mol. The van der Waals surface area contributed by atoms with Gasteiger partial charge in [0.2, 0.25) is 5.91 Å². The van der Waals surface area contributed by atoms with E-state index in [-0.39, 0.29) is 17.7 Å². The highest BCUT2D eigenvalue weighted by Gasteiger charge is 2.51. The summed E-state index contributed by atoms with van der Waals surface area (Å²) in [5, 5.41) is 3.21. The van der Waals surface area contributed by atoms with Gasteiger partial charge in [-0.15, -0.1) is 0 Å². The van der Waals surface area contributed by atoms with Gasteiger partial charge in [-0.3, -0.25) is 4.79 Å². The lowest BCUT2D eigenvalue weighted by atomic mass is 9.53. The van der Waals surface area contributed by atoms with Gasteiger partial charge in [0.1, 0.15) is 0 Å². The fourth-order valence-electron chi connectivity index (χ4n) is 5.56. The van der Waals surface area contributed by atoms with Crippen LogP contribution in [0.1, 0.15) is 53.9 Å². The first-order valence-corrected chi connectivity index (χ1v) is 10.3. The molecule has 3 aliphatic carbocycles. The van der Waals surface area contributed by atoms with E-state index >= 15 is 0 Å². The van der Waals surface area contributed by atoms with Gasteiger partial charge in [0.05, 0.1) is 5.92 Å². The summed E-state index contributed by atoms with van der Waals surface area (Å²) < 4.78 is 0. The molecule has 2 heteroatoms. The number of benzene rings is 3. The van der Waals surface area contributed by atoms with Gasteiger partial charge in [-0.05, 0) is 46.7 Å². The average molecular weight is 367 g/mol. The van der Waals surface area contributed by atoms with Crippen molar-refractivity contribution in [3.05, 3.63) is 101 Å². The largest absolute Gasteiger partial charge is 0.326 e. The zero-order chi connectivity index (χ0) is 19.1. The second kappa shape index (κ2) is 6.94. The first-order chi connectivity index (χ1) is 13.8. The van der Waals surface area contributed by atoms with E-state index in [1.807, 2.05) is 30.3 Å². The van der Waals surface area contributed by atoms with E-state index in [4.69, 9.17) is 0 Å². The lowest BCUT2D eigenvalue weighted by molar-refractivity contribution is -0.123. The molecule has 0 aromatic heterocycles. The van der Waals surface area contributed by atoms with E-state index in [0.717, 1.165) is 18.5 Å². The molecule has 0 fully saturated rings. The van der Waals surface area contributed by atoms with E-state index in [1.165, 1.54) is 22.3 Å². The number of hydrogen-bond donors (Lipinski definition) is 1. The molecule has 0 saturated heterocycles. The van der Waals surface area contributed by atoms with Crippen LogP contribution in [0.4, 0.5) is 5.69 Å². The highest BCUT2D eigenvalue weighted by molar-refractivity contribution is 5.94. The highest BCUT2D eigenvalue weighted by atomic mass is 16.1. The lowest BCUT2D eigenvalue weighted by Crippen LogP contribution is -2.45. The fraction of sp³-hybridized carbons (Fsp3) is 0.269. The Bertz CT molecular complexity index is 962. The van der Waals surface area contributed by atoms with Crippen molar-refractivity contribution in [3.8, 4) is 0 Å². The first kappa shape index (κ1) is 17.2. The molecule has 2 atom stereocenters. The third kappa shape index (κ3) is 2.59. The quantitative estimate of drug-likeness (QED) is 0.607. The van der Waals surface area contributed by atoms with Crippen LogP contribution in [0, 0.1) is 11.8 Å². The number of nitrogens with one attached hydrogen (secondary N) is 1. The Morgan fingerprint density at radius 2 is 1.25 bits per heavy atom. The van der Waals surface area contributed by atoms with Crippen LogP contribution in [0.2, 0.25) is 0 Å². The number of carbonyl (C=O) groups excluding carboxylic acids is 1. The standard InChI is InChI=1S/C26H25NO/c1-2-10-22-23-18-13-6-8-15-20(18)24(21-16-9-7-14-19(21)23)25(22)26(28)27-17-11-4-3-5-12-17/h3-9,11-16,22-25H,2,10H2,1H3,(H,27,28)/t22-,23?,24?,25+/m1/s1. The Balaban J connectivity index is 1.64. The molecule has 0 aliphatic heterocycles. The molecule has 3 aliphatic rings. The van der Waals surface area contributed by atoms with Crippen LogP contribution in [-0.2, 0) is 4.79 Å². The van der Waals surface area contributed by atoms with Crippen LogP contribution >= 0.6 is 0 Å². The summed E-state index contributed by atoms with van der Waals surface area (Å²) in [6, 6.07) is 27.4. The maximum Gasteiger partial charge on any atom is 0.228 e. The number of para-hydroxylation sites is 1. The summed E-state index contributed by atoms with van der Waals surface area (Å²) in [6.07, 6.45) is 2.16. The normalized spacial score (nSPS) is 24.3. The smallest absolute Gasteiger partial charge is 0.228 e. The molecule has 140 valence electrons. The summed E-state index contributed by atoms with van der Waals surface area (Å²) >= 11 is 0. The Hall–Kier alpha value is -2.87. The van der Waals surface area contributed by atoms with Crippen molar-refractivity contribution in [1.82, 2.24) is 0 Å². The van der Waals surface area contributed by atoms with E-state index in [0.29, 0.717) is 11.8 Å². The minimum absolute atomic E-state index is 0.0324. The van der Waals surface area contributed by atoms with Gasteiger partial charge < -0.3 is 5.32 Å². The Morgan fingerprint density at radius 3 is 1.79 bits per heavy atom. The van der Waals surface area contributed by atoms with E-state index in [2.05, 4.69) is 60.8 Å². The SMILES string of the molecule is CCC[C@@H]1C2c3ccccc3C(c3ccccc32)[C@H]1C(=O)Nc1ccccc1. The van der Waals surface area contributed by atoms with E-state index in [1.54, 1.807) is 0 Å². The summed E-state index contributed by atoms with van der Waals surface area (Å²) in [4.78, 5) is 13.6. The van der Waals surface area contributed by atoms with Crippen LogP contribution < -0.4 is 5.32 Å². The topological polar surface area (TPSA) is 29.1 Å². The van der Waals surface area contributed by atoms with Gasteiger partial charge in [0.15, 0.2) is 0 Å². The molecular formula is C26H25NO. The predicted molar refractivity (Wildman–Crippen MR) is 114 cm³/mol. The minimum Gasteiger partial charge on any atom is -0.326 e. The second-order valence-corrected chi connectivity index (χ2v) is 8.05. The molecule has 0 saturated carbocycles. The van der Waals surface area contributed by atoms with Crippen molar-refractivity contribution in [3.63, 3.8) is 0 Å². The van der Waals surface area contributed by atoms with Crippen LogP contribution in [0.3, 0.4) is 0 Å². The molecule has 0 unspecified atom stereocenters. The average Bonchev–Trinajstić information content (AvgIpc) is 2.74. The molecule has 1 N–H and O–H groups in total. The zero-order valence-electron chi connectivity index (χ0n) is 16.1. The lowest BCUT2D eigenvalue weighted by Gasteiger charge is -2.50. The van der Waals surface area contributed by atoms with Gasteiger partial charge >= 0.3 is 0 Å². The van der Waals surface area contributed by atoms with Crippen molar-refractivity contribution < 1.29 is 4.79 Å². The van der Waals surface area contributed by atoms with Gasteiger partial charge in [-0.1, -0.05) is 80.1 Å². The van der Waals surface area contributed by atoms with Crippen LogP contribution in [-0.4, -0.2) is 5.91 Å². The van der Waals surface area contributed by atoms with E-state index in [9.17, 15) is 4.79 Å². The van der Waals surface area contributed by atoms with Gasteiger partial charge in [0.25, 0.3) is 0 Å². The van der Waals surface area contributed by atoms with Crippen LogP contribution in [0.15, 0.2) is 78.9 Å². The van der Waals surface area contributed by atoms with Crippen LogP contribution in [0.5, 0.6) is 0 Å². The third-order valence-corrected chi connectivity index (χ3v) is 6.55. The Morgan fingerprint density at radius 1 is 0.750 bits per heavy atom. The van der Waals surface area contributed by atoms with Crippen molar-refractivity contribution in [2.75, 3.05) is 5.32 Å². The Kier molecular flexibility index (Phi) is 4.27. The number of carbonyl (C=O) groups is 1. The number of amides is 1. The van der Waals surface area contributed by atoms with Crippen molar-refractivity contribution >= 4 is 11.6 Å². The van der Waals surface area contributed by atoms with Crippen LogP contribution in [0.25, 0.3) is 0 Å². The molecule has 3 aromatic rings. The van der Waals surface area contributed by atoms with Gasteiger partial charge in [0, 0.05) is 17.5 Å². The molecular weight excluding hydrogens is 342 g/mol. The third-order valence-electron chi connectivity index (χ3n) is 6.55. The maximum atomic E-state index is 13.6. The Labute approximate surface area is 166 Å². The minimum atomic E-state index is -0.0324. The molecule has 6 rings (SSSR count). The van der Waals surface area contributed by atoms with Gasteiger partial charge in [-0.2, -0.15) is 0 Å². The molecule has 0 radical (unpaired) electrons. The summed E-state index contributed by atoms with van der Waals surface area (Å²) in [7, 11) is 0. The van der Waals surface area contributed by atoms with Crippen molar-refractivity contribution in [2.24, 2.45) is 11.8 Å². The maximum absolute atomic E-state index is 13.6. The molecule has 2 bridgehead atoms. The number of hydrogen-bond acceptors (Lipinski definition) is 1. The summed E-state index contributed by atoms with van der Waals surface area (Å²) in [5.41, 5.74) is 6.41. The van der Waals surface area contributed by atoms with Crippen molar-refractivity contribution in [2.45, 2.75) is 31.6 Å². The molecule has 3 aromatic carbocycles. The second-order valence-electron chi connectivity index (χ2n) is 8.05. The molecule has 0 heterocycles. The zero-order valence-corrected chi connectivity index (χ0v) is 16.1. The van der Waals surface area contributed by atoms with Gasteiger partial charge in [-0.25, -0.2) is 0 Å². The number of fused-ring (bicyclic) bond motifs is 1. The predicted octanol–water partition coefficient (Wildman–Crippen LogP) is 5.95. The molecule has 0 spiro atoms.